The molecule has 2 aromatic rings. The molecule has 1 saturated heterocycles. The second-order valence-corrected chi connectivity index (χ2v) is 5.99. The monoisotopic (exact) mass is 318 g/mol. The third-order valence-corrected chi connectivity index (χ3v) is 4.43. The Labute approximate surface area is 135 Å². The van der Waals surface area contributed by atoms with Crippen LogP contribution in [-0.4, -0.2) is 34.7 Å². The van der Waals surface area contributed by atoms with Crippen LogP contribution in [0.15, 0.2) is 42.7 Å². The van der Waals surface area contributed by atoms with Gasteiger partial charge in [0.25, 0.3) is 0 Å². The number of hydrogen-bond donors (Lipinski definition) is 1. The number of β-amino-alcohol motifs (C(OH)–C–C–N with tert-alkyl or cyclic N) is 1. The Morgan fingerprint density at radius 3 is 3.05 bits per heavy atom. The van der Waals surface area contributed by atoms with Gasteiger partial charge in [0.05, 0.1) is 18.2 Å². The quantitative estimate of drug-likeness (QED) is 0.941. The number of aromatic nitrogens is 1. The van der Waals surface area contributed by atoms with E-state index in [0.717, 1.165) is 23.3 Å². The van der Waals surface area contributed by atoms with Crippen LogP contribution in [0.25, 0.3) is 0 Å². The third kappa shape index (κ3) is 3.24. The highest BCUT2D eigenvalue weighted by Crippen LogP contribution is 2.35. The third-order valence-electron chi connectivity index (χ3n) is 4.09. The first kappa shape index (κ1) is 15.3. The van der Waals surface area contributed by atoms with Crippen molar-refractivity contribution in [3.63, 3.8) is 0 Å². The lowest BCUT2D eigenvalue weighted by Gasteiger charge is -2.25. The molecule has 0 amide bonds. The van der Waals surface area contributed by atoms with E-state index >= 15 is 0 Å². The lowest BCUT2D eigenvalue weighted by Crippen LogP contribution is -2.24. The second-order valence-electron chi connectivity index (χ2n) is 5.58. The van der Waals surface area contributed by atoms with Crippen molar-refractivity contribution in [3.05, 3.63) is 58.9 Å². The van der Waals surface area contributed by atoms with Crippen molar-refractivity contribution in [2.75, 3.05) is 13.7 Å². The topological polar surface area (TPSA) is 45.6 Å². The van der Waals surface area contributed by atoms with Crippen molar-refractivity contribution in [3.8, 4) is 5.75 Å². The number of benzene rings is 1. The maximum absolute atomic E-state index is 10.1. The van der Waals surface area contributed by atoms with Gasteiger partial charge in [0.2, 0.25) is 0 Å². The van der Waals surface area contributed by atoms with Crippen LogP contribution in [0.4, 0.5) is 0 Å². The number of methoxy groups -OCH3 is 1. The molecule has 0 spiro atoms. The fourth-order valence-corrected chi connectivity index (χ4v) is 3.18. The molecule has 116 valence electrons. The summed E-state index contributed by atoms with van der Waals surface area (Å²) in [6, 6.07) is 10.1. The van der Waals surface area contributed by atoms with Crippen LogP contribution >= 0.6 is 11.6 Å². The van der Waals surface area contributed by atoms with Gasteiger partial charge >= 0.3 is 0 Å². The number of likely N-dealkylation sites (tertiary alicyclic amines) is 1. The van der Waals surface area contributed by atoms with E-state index in [1.807, 2.05) is 24.3 Å². The zero-order chi connectivity index (χ0) is 15.5. The normalized spacial score (nSPS) is 22.0. The molecule has 1 aliphatic heterocycles. The van der Waals surface area contributed by atoms with Gasteiger partial charge in [-0.15, -0.1) is 0 Å². The molecule has 4 nitrogen and oxygen atoms in total. The molecular formula is C17H19ClN2O2. The van der Waals surface area contributed by atoms with Crippen molar-refractivity contribution in [2.24, 2.45) is 0 Å². The Balaban J connectivity index is 1.84. The summed E-state index contributed by atoms with van der Waals surface area (Å²) in [5.74, 6) is 0.834. The summed E-state index contributed by atoms with van der Waals surface area (Å²) in [5.41, 5.74) is 2.18. The minimum Gasteiger partial charge on any atom is -0.497 e. The van der Waals surface area contributed by atoms with Gasteiger partial charge in [0.15, 0.2) is 0 Å². The molecule has 1 aromatic carbocycles. The van der Waals surface area contributed by atoms with Gasteiger partial charge in [0.1, 0.15) is 5.75 Å². The zero-order valence-electron chi connectivity index (χ0n) is 12.4. The molecule has 3 rings (SSSR count). The standard InChI is InChI=1S/C17H19ClN2O2/c1-22-15-4-2-3-12(7-15)17-8-14(21)11-20(17)10-13-5-6-19-9-16(13)18/h2-7,9,14,17,21H,8,10-11H2,1H3/t14-,17+/m1/s1. The summed E-state index contributed by atoms with van der Waals surface area (Å²) >= 11 is 6.21. The maximum Gasteiger partial charge on any atom is 0.119 e. The molecule has 0 aliphatic carbocycles. The van der Waals surface area contributed by atoms with E-state index in [1.54, 1.807) is 19.5 Å². The summed E-state index contributed by atoms with van der Waals surface area (Å²) in [5, 5.41) is 10.7. The van der Waals surface area contributed by atoms with E-state index in [0.29, 0.717) is 18.1 Å². The van der Waals surface area contributed by atoms with Gasteiger partial charge in [-0.3, -0.25) is 9.88 Å². The van der Waals surface area contributed by atoms with Crippen LogP contribution in [0.3, 0.4) is 0 Å². The summed E-state index contributed by atoms with van der Waals surface area (Å²) < 4.78 is 5.30. The van der Waals surface area contributed by atoms with E-state index in [1.165, 1.54) is 0 Å². The van der Waals surface area contributed by atoms with Crippen molar-refractivity contribution in [2.45, 2.75) is 25.1 Å². The van der Waals surface area contributed by atoms with Crippen LogP contribution in [0, 0.1) is 0 Å². The summed E-state index contributed by atoms with van der Waals surface area (Å²) in [4.78, 5) is 6.27. The fraction of sp³-hybridized carbons (Fsp3) is 0.353. The number of rotatable bonds is 4. The van der Waals surface area contributed by atoms with Crippen LogP contribution in [0.1, 0.15) is 23.6 Å². The summed E-state index contributed by atoms with van der Waals surface area (Å²) in [7, 11) is 1.66. The number of ether oxygens (including phenoxy) is 1. The van der Waals surface area contributed by atoms with Crippen molar-refractivity contribution in [1.82, 2.24) is 9.88 Å². The van der Waals surface area contributed by atoms with Crippen molar-refractivity contribution in [1.29, 1.82) is 0 Å². The minimum atomic E-state index is -0.322. The molecule has 1 aromatic heterocycles. The Morgan fingerprint density at radius 1 is 1.41 bits per heavy atom. The number of hydrogen-bond acceptors (Lipinski definition) is 4. The molecule has 22 heavy (non-hydrogen) atoms. The molecule has 0 saturated carbocycles. The maximum atomic E-state index is 10.1. The van der Waals surface area contributed by atoms with Crippen LogP contribution in [-0.2, 0) is 6.54 Å². The van der Waals surface area contributed by atoms with Gasteiger partial charge in [0, 0.05) is 31.5 Å². The van der Waals surface area contributed by atoms with E-state index < -0.39 is 0 Å². The van der Waals surface area contributed by atoms with Crippen LogP contribution in [0.2, 0.25) is 5.02 Å². The average Bonchev–Trinajstić information content (AvgIpc) is 2.90. The number of halogens is 1. The van der Waals surface area contributed by atoms with Crippen LogP contribution < -0.4 is 4.74 Å². The lowest BCUT2D eigenvalue weighted by atomic mass is 10.0. The van der Waals surface area contributed by atoms with E-state index in [4.69, 9.17) is 16.3 Å². The van der Waals surface area contributed by atoms with Gasteiger partial charge in [-0.1, -0.05) is 23.7 Å². The molecule has 1 aliphatic rings. The molecule has 1 N–H and O–H groups in total. The van der Waals surface area contributed by atoms with E-state index in [2.05, 4.69) is 16.0 Å². The van der Waals surface area contributed by atoms with Crippen LogP contribution in [0.5, 0.6) is 5.75 Å². The predicted octanol–water partition coefficient (Wildman–Crippen LogP) is 3.05. The number of nitrogens with zero attached hydrogens (tertiary/aromatic N) is 2. The van der Waals surface area contributed by atoms with Gasteiger partial charge in [-0.25, -0.2) is 0 Å². The summed E-state index contributed by atoms with van der Waals surface area (Å²) in [6.45, 7) is 1.33. The highest BCUT2D eigenvalue weighted by Gasteiger charge is 2.32. The molecule has 5 heteroatoms. The highest BCUT2D eigenvalue weighted by molar-refractivity contribution is 6.31. The molecule has 1 fully saturated rings. The Morgan fingerprint density at radius 2 is 2.27 bits per heavy atom. The zero-order valence-corrected chi connectivity index (χ0v) is 13.2. The Bertz CT molecular complexity index is 650. The van der Waals surface area contributed by atoms with Gasteiger partial charge < -0.3 is 9.84 Å². The molecule has 0 unspecified atom stereocenters. The molecule has 2 atom stereocenters. The van der Waals surface area contributed by atoms with Crippen molar-refractivity contribution < 1.29 is 9.84 Å². The van der Waals surface area contributed by atoms with Gasteiger partial charge in [-0.2, -0.15) is 0 Å². The molecule has 0 bridgehead atoms. The summed E-state index contributed by atoms with van der Waals surface area (Å²) in [6.07, 6.45) is 3.80. The van der Waals surface area contributed by atoms with E-state index in [-0.39, 0.29) is 12.1 Å². The largest absolute Gasteiger partial charge is 0.497 e. The number of pyridine rings is 1. The fourth-order valence-electron chi connectivity index (χ4n) is 3.00. The molecule has 2 heterocycles. The SMILES string of the molecule is COc1cccc([C@@H]2C[C@@H](O)CN2Cc2ccncc2Cl)c1. The minimum absolute atomic E-state index is 0.161. The first-order chi connectivity index (χ1) is 10.7. The highest BCUT2D eigenvalue weighted by atomic mass is 35.5. The average molecular weight is 319 g/mol. The lowest BCUT2D eigenvalue weighted by molar-refractivity contribution is 0.172. The number of aliphatic hydroxyl groups is 1. The second kappa shape index (κ2) is 6.65. The Hall–Kier alpha value is -1.62. The smallest absolute Gasteiger partial charge is 0.119 e. The predicted molar refractivity (Wildman–Crippen MR) is 86.0 cm³/mol. The molecule has 0 radical (unpaired) electrons. The number of aliphatic hydroxyl groups excluding tert-OH is 1. The molecular weight excluding hydrogens is 300 g/mol. The first-order valence-electron chi connectivity index (χ1n) is 7.32. The van der Waals surface area contributed by atoms with E-state index in [9.17, 15) is 5.11 Å². The van der Waals surface area contributed by atoms with Gasteiger partial charge in [-0.05, 0) is 35.7 Å². The first-order valence-corrected chi connectivity index (χ1v) is 7.69. The van der Waals surface area contributed by atoms with Crippen molar-refractivity contribution >= 4 is 11.6 Å². The Kier molecular flexibility index (Phi) is 4.62.